The van der Waals surface area contributed by atoms with Crippen LogP contribution >= 0.6 is 0 Å². The standard InChI is InChI=1S/C12H17NO.CH4/c1-3-7-11(13-2)12(14)10-8-5-4-6-9-10;/h4-6,8-9,11,13H,3,7H2,1-2H3;1H4. The van der Waals surface area contributed by atoms with Crippen molar-refractivity contribution in [1.82, 2.24) is 5.32 Å². The summed E-state index contributed by atoms with van der Waals surface area (Å²) in [6.07, 6.45) is 1.91. The second kappa shape index (κ2) is 7.18. The van der Waals surface area contributed by atoms with E-state index in [2.05, 4.69) is 12.2 Å². The van der Waals surface area contributed by atoms with Crippen LogP contribution in [-0.2, 0) is 0 Å². The zero-order valence-electron chi connectivity index (χ0n) is 8.79. The van der Waals surface area contributed by atoms with E-state index in [0.717, 1.165) is 18.4 Å². The van der Waals surface area contributed by atoms with Crippen LogP contribution < -0.4 is 5.32 Å². The third kappa shape index (κ3) is 3.84. The molecule has 0 aliphatic rings. The van der Waals surface area contributed by atoms with Gasteiger partial charge in [-0.1, -0.05) is 51.1 Å². The van der Waals surface area contributed by atoms with E-state index in [1.54, 1.807) is 0 Å². The quantitative estimate of drug-likeness (QED) is 0.752. The van der Waals surface area contributed by atoms with E-state index in [9.17, 15) is 4.79 Å². The molecule has 0 bridgehead atoms. The minimum atomic E-state index is -0.0394. The van der Waals surface area contributed by atoms with Crippen LogP contribution in [0.1, 0.15) is 37.6 Å². The highest BCUT2D eigenvalue weighted by molar-refractivity contribution is 6.00. The first kappa shape index (κ1) is 13.8. The molecule has 1 N–H and O–H groups in total. The third-order valence-electron chi connectivity index (χ3n) is 2.30. The van der Waals surface area contributed by atoms with E-state index in [1.165, 1.54) is 0 Å². The molecule has 0 saturated carbocycles. The van der Waals surface area contributed by atoms with Crippen molar-refractivity contribution in [3.05, 3.63) is 35.9 Å². The molecule has 0 amide bonds. The number of likely N-dealkylation sites (N-methyl/N-ethyl adjacent to an activating group) is 1. The molecule has 0 radical (unpaired) electrons. The predicted molar refractivity (Wildman–Crippen MR) is 65.3 cm³/mol. The number of ketones is 1. The first-order valence-corrected chi connectivity index (χ1v) is 5.06. The van der Waals surface area contributed by atoms with Crippen LogP contribution in [0.15, 0.2) is 30.3 Å². The van der Waals surface area contributed by atoms with Gasteiger partial charge in [-0.3, -0.25) is 4.79 Å². The zero-order chi connectivity index (χ0) is 10.4. The largest absolute Gasteiger partial charge is 0.310 e. The molecule has 0 aromatic heterocycles. The van der Waals surface area contributed by atoms with E-state index in [-0.39, 0.29) is 19.3 Å². The van der Waals surface area contributed by atoms with Gasteiger partial charge in [0.15, 0.2) is 5.78 Å². The first-order chi connectivity index (χ1) is 6.79. The number of benzene rings is 1. The van der Waals surface area contributed by atoms with Gasteiger partial charge in [0.2, 0.25) is 0 Å². The summed E-state index contributed by atoms with van der Waals surface area (Å²) < 4.78 is 0. The van der Waals surface area contributed by atoms with Crippen LogP contribution in [0.25, 0.3) is 0 Å². The molecule has 0 saturated heterocycles. The molecule has 0 heterocycles. The number of nitrogens with one attached hydrogen (secondary N) is 1. The average Bonchev–Trinajstić information content (AvgIpc) is 2.26. The summed E-state index contributed by atoms with van der Waals surface area (Å²) in [6, 6.07) is 9.40. The van der Waals surface area contributed by atoms with Crippen LogP contribution in [-0.4, -0.2) is 18.9 Å². The van der Waals surface area contributed by atoms with Crippen molar-refractivity contribution >= 4 is 5.78 Å². The lowest BCUT2D eigenvalue weighted by atomic mass is 10.0. The summed E-state index contributed by atoms with van der Waals surface area (Å²) in [5, 5.41) is 3.05. The van der Waals surface area contributed by atoms with Gasteiger partial charge < -0.3 is 5.32 Å². The van der Waals surface area contributed by atoms with Gasteiger partial charge in [-0.05, 0) is 13.5 Å². The maximum atomic E-state index is 11.9. The maximum Gasteiger partial charge on any atom is 0.179 e. The summed E-state index contributed by atoms with van der Waals surface area (Å²) in [7, 11) is 1.83. The molecule has 2 nitrogen and oxygen atoms in total. The Labute approximate surface area is 92.7 Å². The van der Waals surface area contributed by atoms with Gasteiger partial charge in [0.05, 0.1) is 6.04 Å². The van der Waals surface area contributed by atoms with Crippen LogP contribution in [0, 0.1) is 0 Å². The smallest absolute Gasteiger partial charge is 0.179 e. The van der Waals surface area contributed by atoms with Crippen molar-refractivity contribution in [2.24, 2.45) is 0 Å². The fourth-order valence-electron chi connectivity index (χ4n) is 1.50. The molecule has 1 unspecified atom stereocenters. The molecule has 0 fully saturated rings. The number of Topliss-reactive ketones (excluding diaryl/α,β-unsaturated/α-hetero) is 1. The number of hydrogen-bond donors (Lipinski definition) is 1. The molecular weight excluding hydrogens is 186 g/mol. The number of carbonyl (C=O) groups is 1. The highest BCUT2D eigenvalue weighted by atomic mass is 16.1. The molecule has 0 aliphatic carbocycles. The molecule has 2 heteroatoms. The van der Waals surface area contributed by atoms with Crippen LogP contribution in [0.4, 0.5) is 0 Å². The summed E-state index contributed by atoms with van der Waals surface area (Å²) in [5.74, 6) is 0.190. The molecule has 1 aromatic rings. The van der Waals surface area contributed by atoms with Crippen LogP contribution in [0.5, 0.6) is 0 Å². The third-order valence-corrected chi connectivity index (χ3v) is 2.30. The molecule has 0 spiro atoms. The van der Waals surface area contributed by atoms with Crippen molar-refractivity contribution in [2.75, 3.05) is 7.05 Å². The number of hydrogen-bond acceptors (Lipinski definition) is 2. The summed E-state index contributed by atoms with van der Waals surface area (Å²) in [4.78, 5) is 11.9. The Morgan fingerprint density at radius 3 is 2.40 bits per heavy atom. The van der Waals surface area contributed by atoms with Crippen molar-refractivity contribution in [2.45, 2.75) is 33.2 Å². The normalized spacial score (nSPS) is 11.6. The lowest BCUT2D eigenvalue weighted by Gasteiger charge is -2.13. The summed E-state index contributed by atoms with van der Waals surface area (Å²) >= 11 is 0. The summed E-state index contributed by atoms with van der Waals surface area (Å²) in [6.45, 7) is 2.09. The Bertz CT molecular complexity index is 282. The van der Waals surface area contributed by atoms with E-state index in [1.807, 2.05) is 37.4 Å². The number of rotatable bonds is 5. The summed E-state index contributed by atoms with van der Waals surface area (Å²) in [5.41, 5.74) is 0.792. The molecule has 84 valence electrons. The lowest BCUT2D eigenvalue weighted by molar-refractivity contribution is 0.0942. The van der Waals surface area contributed by atoms with Crippen molar-refractivity contribution < 1.29 is 4.79 Å². The minimum absolute atomic E-state index is 0. The highest BCUT2D eigenvalue weighted by Crippen LogP contribution is 2.07. The van der Waals surface area contributed by atoms with Gasteiger partial charge in [-0.15, -0.1) is 0 Å². The van der Waals surface area contributed by atoms with Gasteiger partial charge >= 0.3 is 0 Å². The Morgan fingerprint density at radius 2 is 1.93 bits per heavy atom. The Morgan fingerprint density at radius 1 is 1.33 bits per heavy atom. The van der Waals surface area contributed by atoms with Crippen molar-refractivity contribution in [1.29, 1.82) is 0 Å². The topological polar surface area (TPSA) is 29.1 Å². The van der Waals surface area contributed by atoms with Gasteiger partial charge in [-0.2, -0.15) is 0 Å². The van der Waals surface area contributed by atoms with E-state index >= 15 is 0 Å². The predicted octanol–water partition coefficient (Wildman–Crippen LogP) is 2.89. The molecule has 15 heavy (non-hydrogen) atoms. The van der Waals surface area contributed by atoms with Crippen molar-refractivity contribution in [3.8, 4) is 0 Å². The van der Waals surface area contributed by atoms with Gasteiger partial charge in [0.1, 0.15) is 0 Å². The molecule has 1 aromatic carbocycles. The number of carbonyl (C=O) groups excluding carboxylic acids is 1. The zero-order valence-corrected chi connectivity index (χ0v) is 8.79. The Hall–Kier alpha value is -1.15. The molecule has 1 atom stereocenters. The molecular formula is C13H21NO. The van der Waals surface area contributed by atoms with Crippen molar-refractivity contribution in [3.63, 3.8) is 0 Å². The van der Waals surface area contributed by atoms with Gasteiger partial charge in [0, 0.05) is 5.56 Å². The molecule has 1 rings (SSSR count). The minimum Gasteiger partial charge on any atom is -0.310 e. The van der Waals surface area contributed by atoms with Gasteiger partial charge in [-0.25, -0.2) is 0 Å². The SMILES string of the molecule is C.CCCC(NC)C(=O)c1ccccc1. The fourth-order valence-corrected chi connectivity index (χ4v) is 1.50. The Balaban J connectivity index is 0.00000196. The van der Waals surface area contributed by atoms with E-state index in [0.29, 0.717) is 0 Å². The molecule has 0 aliphatic heterocycles. The maximum absolute atomic E-state index is 11.9. The van der Waals surface area contributed by atoms with Crippen LogP contribution in [0.3, 0.4) is 0 Å². The second-order valence-electron chi connectivity index (χ2n) is 3.36. The lowest BCUT2D eigenvalue weighted by Crippen LogP contribution is -2.33. The Kier molecular flexibility index (Phi) is 6.63. The van der Waals surface area contributed by atoms with Gasteiger partial charge in [0.25, 0.3) is 0 Å². The second-order valence-corrected chi connectivity index (χ2v) is 3.36. The fraction of sp³-hybridized carbons (Fsp3) is 0.462. The van der Waals surface area contributed by atoms with E-state index < -0.39 is 0 Å². The average molecular weight is 207 g/mol. The monoisotopic (exact) mass is 207 g/mol. The van der Waals surface area contributed by atoms with E-state index in [4.69, 9.17) is 0 Å². The van der Waals surface area contributed by atoms with Crippen LogP contribution in [0.2, 0.25) is 0 Å². The first-order valence-electron chi connectivity index (χ1n) is 5.06. The highest BCUT2D eigenvalue weighted by Gasteiger charge is 2.16.